The van der Waals surface area contributed by atoms with Gasteiger partial charge in [0, 0.05) is 11.4 Å². The molecule has 176 valence electrons. The molecule has 4 aromatic rings. The summed E-state index contributed by atoms with van der Waals surface area (Å²) in [5.74, 6) is 0.0233. The minimum absolute atomic E-state index is 0.313. The van der Waals surface area contributed by atoms with Gasteiger partial charge in [-0.15, -0.1) is 0 Å². The molecular formula is C27H21ClN2O5. The number of carbonyl (C=O) groups excluding carboxylic acids is 2. The lowest BCUT2D eigenvalue weighted by Gasteiger charge is -2.19. The summed E-state index contributed by atoms with van der Waals surface area (Å²) >= 11 is 5.99. The van der Waals surface area contributed by atoms with Gasteiger partial charge in [0.25, 0.3) is 5.91 Å². The average molecular weight is 489 g/mol. The van der Waals surface area contributed by atoms with Crippen LogP contribution in [0, 0.1) is 0 Å². The molecule has 1 amide bonds. The summed E-state index contributed by atoms with van der Waals surface area (Å²) in [6.07, 6.45) is 2.00. The summed E-state index contributed by atoms with van der Waals surface area (Å²) in [6.45, 7) is -0.777. The van der Waals surface area contributed by atoms with Crippen LogP contribution in [0.5, 0.6) is 5.75 Å². The Kier molecular flexibility index (Phi) is 6.50. The first-order valence-corrected chi connectivity index (χ1v) is 11.4. The molecule has 1 atom stereocenters. The Morgan fingerprint density at radius 3 is 2.54 bits per heavy atom. The van der Waals surface area contributed by atoms with E-state index in [1.165, 1.54) is 5.01 Å². The van der Waals surface area contributed by atoms with Gasteiger partial charge >= 0.3 is 5.97 Å². The smallest absolute Gasteiger partial charge is 0.344 e. The number of hydrogen-bond donors (Lipinski definition) is 0. The van der Waals surface area contributed by atoms with E-state index in [0.29, 0.717) is 28.7 Å². The van der Waals surface area contributed by atoms with Gasteiger partial charge in [0.1, 0.15) is 17.6 Å². The van der Waals surface area contributed by atoms with Crippen LogP contribution < -0.4 is 4.74 Å². The van der Waals surface area contributed by atoms with E-state index in [1.807, 2.05) is 48.5 Å². The maximum absolute atomic E-state index is 12.9. The van der Waals surface area contributed by atoms with Crippen LogP contribution in [0.25, 0.3) is 10.8 Å². The number of carbonyl (C=O) groups is 2. The van der Waals surface area contributed by atoms with Crippen molar-refractivity contribution in [1.82, 2.24) is 5.01 Å². The zero-order valence-corrected chi connectivity index (χ0v) is 19.4. The molecule has 1 aliphatic rings. The summed E-state index contributed by atoms with van der Waals surface area (Å²) in [6, 6.07) is 23.7. The molecule has 0 N–H and O–H groups in total. The molecule has 3 aromatic carbocycles. The Morgan fingerprint density at radius 2 is 1.77 bits per heavy atom. The van der Waals surface area contributed by atoms with Crippen molar-refractivity contribution in [2.24, 2.45) is 5.10 Å². The Balaban J connectivity index is 1.21. The number of benzene rings is 3. The van der Waals surface area contributed by atoms with Gasteiger partial charge in [-0.25, -0.2) is 9.80 Å². The molecule has 35 heavy (non-hydrogen) atoms. The lowest BCUT2D eigenvalue weighted by atomic mass is 10.0. The van der Waals surface area contributed by atoms with Gasteiger partial charge in [0.2, 0.25) is 0 Å². The number of ether oxygens (including phenoxy) is 2. The minimum Gasteiger partial charge on any atom is -0.482 e. The quantitative estimate of drug-likeness (QED) is 0.326. The van der Waals surface area contributed by atoms with Gasteiger partial charge in [-0.2, -0.15) is 5.10 Å². The number of amides is 1. The normalized spacial score (nSPS) is 15.2. The lowest BCUT2D eigenvalue weighted by molar-refractivity contribution is -0.154. The highest BCUT2D eigenvalue weighted by atomic mass is 35.5. The first-order valence-electron chi connectivity index (χ1n) is 11.0. The number of hydrazone groups is 1. The standard InChI is InChI=1S/C27H21ClN2O5/c28-21-10-7-19(8-11-21)23-15-24(25-6-3-13-33-25)30(29-23)26(31)16-35-27(32)17-34-22-12-9-18-4-1-2-5-20(18)14-22/h1-14,24H,15-17H2. The summed E-state index contributed by atoms with van der Waals surface area (Å²) in [4.78, 5) is 25.2. The molecule has 5 rings (SSSR count). The van der Waals surface area contributed by atoms with Crippen molar-refractivity contribution in [2.75, 3.05) is 13.2 Å². The van der Waals surface area contributed by atoms with Crippen molar-refractivity contribution in [2.45, 2.75) is 12.5 Å². The van der Waals surface area contributed by atoms with Crippen molar-refractivity contribution in [3.05, 3.63) is 101 Å². The van der Waals surface area contributed by atoms with Gasteiger partial charge in [-0.1, -0.05) is 54.1 Å². The second-order valence-electron chi connectivity index (χ2n) is 7.99. The summed E-state index contributed by atoms with van der Waals surface area (Å²) in [7, 11) is 0. The third-order valence-corrected chi connectivity index (χ3v) is 5.90. The van der Waals surface area contributed by atoms with Crippen LogP contribution in [-0.4, -0.2) is 35.8 Å². The Morgan fingerprint density at radius 1 is 0.971 bits per heavy atom. The number of rotatable bonds is 7. The fourth-order valence-corrected chi connectivity index (χ4v) is 4.04. The van der Waals surface area contributed by atoms with E-state index in [2.05, 4.69) is 5.10 Å². The molecule has 0 spiro atoms. The highest BCUT2D eigenvalue weighted by Crippen LogP contribution is 2.33. The topological polar surface area (TPSA) is 81.3 Å². The van der Waals surface area contributed by atoms with Crippen molar-refractivity contribution in [3.63, 3.8) is 0 Å². The molecule has 0 aliphatic carbocycles. The third-order valence-electron chi connectivity index (χ3n) is 5.65. The molecule has 2 heterocycles. The van der Waals surface area contributed by atoms with Crippen LogP contribution in [-0.2, 0) is 14.3 Å². The van der Waals surface area contributed by atoms with Crippen LogP contribution in [0.15, 0.2) is 94.6 Å². The van der Waals surface area contributed by atoms with E-state index in [4.69, 9.17) is 25.5 Å². The van der Waals surface area contributed by atoms with Crippen LogP contribution in [0.3, 0.4) is 0 Å². The third kappa shape index (κ3) is 5.20. The first-order chi connectivity index (χ1) is 17.1. The van der Waals surface area contributed by atoms with Gasteiger partial charge in [-0.3, -0.25) is 4.79 Å². The summed E-state index contributed by atoms with van der Waals surface area (Å²) in [5, 5.41) is 8.49. The highest BCUT2D eigenvalue weighted by Gasteiger charge is 2.35. The number of hydrogen-bond acceptors (Lipinski definition) is 6. The molecule has 0 saturated heterocycles. The largest absolute Gasteiger partial charge is 0.482 e. The van der Waals surface area contributed by atoms with Crippen LogP contribution >= 0.6 is 11.6 Å². The molecule has 1 aromatic heterocycles. The van der Waals surface area contributed by atoms with Crippen LogP contribution in [0.1, 0.15) is 23.8 Å². The highest BCUT2D eigenvalue weighted by molar-refractivity contribution is 6.30. The molecule has 7 nitrogen and oxygen atoms in total. The zero-order chi connectivity index (χ0) is 24.2. The van der Waals surface area contributed by atoms with Gasteiger partial charge in [-0.05, 0) is 52.7 Å². The molecule has 0 saturated carbocycles. The van der Waals surface area contributed by atoms with Crippen molar-refractivity contribution in [3.8, 4) is 5.75 Å². The summed E-state index contributed by atoms with van der Waals surface area (Å²) < 4.78 is 16.2. The van der Waals surface area contributed by atoms with E-state index in [1.54, 1.807) is 36.6 Å². The fourth-order valence-electron chi connectivity index (χ4n) is 3.91. The first kappa shape index (κ1) is 22.7. The van der Waals surface area contributed by atoms with Crippen molar-refractivity contribution in [1.29, 1.82) is 0 Å². The number of furan rings is 1. The molecule has 1 aliphatic heterocycles. The number of fused-ring (bicyclic) bond motifs is 1. The maximum Gasteiger partial charge on any atom is 0.344 e. The predicted octanol–water partition coefficient (Wildman–Crippen LogP) is 5.39. The summed E-state index contributed by atoms with van der Waals surface area (Å²) in [5.41, 5.74) is 1.56. The Bertz CT molecular complexity index is 1380. The molecule has 8 heteroatoms. The SMILES string of the molecule is O=C(COc1ccc2ccccc2c1)OCC(=O)N1N=C(c2ccc(Cl)cc2)CC1c1ccco1. The molecule has 0 radical (unpaired) electrons. The maximum atomic E-state index is 12.9. The second kappa shape index (κ2) is 10.0. The Labute approximate surface area is 206 Å². The van der Waals surface area contributed by atoms with Crippen molar-refractivity contribution >= 4 is 40.0 Å². The Hall–Kier alpha value is -4.10. The number of halogens is 1. The molecule has 0 fully saturated rings. The van der Waals surface area contributed by atoms with Gasteiger partial charge < -0.3 is 13.9 Å². The van der Waals surface area contributed by atoms with E-state index >= 15 is 0 Å². The van der Waals surface area contributed by atoms with E-state index in [0.717, 1.165) is 16.3 Å². The number of esters is 1. The zero-order valence-electron chi connectivity index (χ0n) is 18.6. The molecule has 1 unspecified atom stereocenters. The average Bonchev–Trinajstić information content (AvgIpc) is 3.57. The monoisotopic (exact) mass is 488 g/mol. The molecular weight excluding hydrogens is 468 g/mol. The van der Waals surface area contributed by atoms with Crippen LogP contribution in [0.4, 0.5) is 0 Å². The lowest BCUT2D eigenvalue weighted by Crippen LogP contribution is -2.32. The molecule has 0 bridgehead atoms. The van der Waals surface area contributed by atoms with Gasteiger partial charge in [0.15, 0.2) is 13.2 Å². The van der Waals surface area contributed by atoms with Gasteiger partial charge in [0.05, 0.1) is 12.0 Å². The van der Waals surface area contributed by atoms with E-state index < -0.39 is 24.5 Å². The number of nitrogens with zero attached hydrogens (tertiary/aromatic N) is 2. The second-order valence-corrected chi connectivity index (χ2v) is 8.42. The van der Waals surface area contributed by atoms with E-state index in [-0.39, 0.29) is 6.61 Å². The fraction of sp³-hybridized carbons (Fsp3) is 0.148. The van der Waals surface area contributed by atoms with Crippen molar-refractivity contribution < 1.29 is 23.5 Å². The van der Waals surface area contributed by atoms with Crippen LogP contribution in [0.2, 0.25) is 5.02 Å². The predicted molar refractivity (Wildman–Crippen MR) is 131 cm³/mol. The minimum atomic E-state index is -0.651. The van der Waals surface area contributed by atoms with E-state index in [9.17, 15) is 9.59 Å².